The molecule has 0 fully saturated rings. The predicted octanol–water partition coefficient (Wildman–Crippen LogP) is 1.89. The second-order valence-electron chi connectivity index (χ2n) is 1.04. The van der Waals surface area contributed by atoms with E-state index in [-0.39, 0.29) is 0 Å². The minimum absolute atomic E-state index is 0.403. The molecule has 7 heavy (non-hydrogen) atoms. The van der Waals surface area contributed by atoms with E-state index in [1.165, 1.54) is 0 Å². The molecule has 0 aliphatic heterocycles. The van der Waals surface area contributed by atoms with Crippen LogP contribution in [0.15, 0.2) is 11.1 Å². The Balaban J connectivity index is 3.68. The van der Waals surface area contributed by atoms with Gasteiger partial charge in [-0.05, 0) is 18.5 Å². The van der Waals surface area contributed by atoms with Gasteiger partial charge in [-0.1, -0.05) is 11.6 Å². The van der Waals surface area contributed by atoms with Gasteiger partial charge in [-0.3, -0.25) is 4.79 Å². The first-order valence-corrected chi connectivity index (χ1v) is 2.42. The quantitative estimate of drug-likeness (QED) is 0.400. The zero-order chi connectivity index (χ0) is 5.86. The SMILES string of the molecule is C/C(Cl)=C/C(=O)Cl. The van der Waals surface area contributed by atoms with Gasteiger partial charge >= 0.3 is 0 Å². The molecule has 0 radical (unpaired) electrons. The van der Waals surface area contributed by atoms with E-state index in [9.17, 15) is 4.79 Å². The van der Waals surface area contributed by atoms with Gasteiger partial charge in [0, 0.05) is 11.1 Å². The molecule has 0 amide bonds. The summed E-state index contributed by atoms with van der Waals surface area (Å²) >= 11 is 10.1. The van der Waals surface area contributed by atoms with Crippen LogP contribution in [-0.4, -0.2) is 5.24 Å². The lowest BCUT2D eigenvalue weighted by Crippen LogP contribution is -1.74. The molecule has 0 spiro atoms. The third-order valence-corrected chi connectivity index (χ3v) is 0.531. The van der Waals surface area contributed by atoms with E-state index in [1.807, 2.05) is 0 Å². The fraction of sp³-hybridized carbons (Fsp3) is 0.250. The Morgan fingerprint density at radius 3 is 2.00 bits per heavy atom. The molecule has 0 heterocycles. The molecular formula is C4H4Cl2O. The normalized spacial score (nSPS) is 11.6. The van der Waals surface area contributed by atoms with Gasteiger partial charge in [-0.25, -0.2) is 0 Å². The van der Waals surface area contributed by atoms with Gasteiger partial charge in [0.25, 0.3) is 0 Å². The van der Waals surface area contributed by atoms with Crippen molar-refractivity contribution in [3.05, 3.63) is 11.1 Å². The molecule has 40 valence electrons. The van der Waals surface area contributed by atoms with Crippen LogP contribution in [0.25, 0.3) is 0 Å². The highest BCUT2D eigenvalue weighted by molar-refractivity contribution is 6.67. The predicted molar refractivity (Wildman–Crippen MR) is 30.5 cm³/mol. The highest BCUT2D eigenvalue weighted by Crippen LogP contribution is 1.98. The second kappa shape index (κ2) is 3.05. The first-order chi connectivity index (χ1) is 3.13. The number of carbonyl (C=O) groups excluding carboxylic acids is 1. The molecule has 0 aromatic heterocycles. The summed E-state index contributed by atoms with van der Waals surface area (Å²) in [4.78, 5) is 9.86. The minimum Gasteiger partial charge on any atom is -0.276 e. The van der Waals surface area contributed by atoms with Crippen molar-refractivity contribution in [2.24, 2.45) is 0 Å². The molecule has 0 atom stereocenters. The van der Waals surface area contributed by atoms with Crippen LogP contribution in [0, 0.1) is 0 Å². The topological polar surface area (TPSA) is 17.1 Å². The summed E-state index contributed by atoms with van der Waals surface area (Å²) < 4.78 is 0. The zero-order valence-corrected chi connectivity index (χ0v) is 5.25. The van der Waals surface area contributed by atoms with Crippen LogP contribution < -0.4 is 0 Å². The molecule has 0 unspecified atom stereocenters. The van der Waals surface area contributed by atoms with Crippen molar-refractivity contribution in [2.75, 3.05) is 0 Å². The third kappa shape index (κ3) is 5.99. The molecule has 3 heteroatoms. The van der Waals surface area contributed by atoms with Crippen LogP contribution >= 0.6 is 23.2 Å². The molecule has 0 saturated carbocycles. The maximum absolute atomic E-state index is 9.86. The maximum atomic E-state index is 9.86. The Morgan fingerprint density at radius 2 is 2.00 bits per heavy atom. The summed E-state index contributed by atoms with van der Waals surface area (Å²) in [5.41, 5.74) is 0. The van der Waals surface area contributed by atoms with E-state index in [0.717, 1.165) is 6.08 Å². The Bertz CT molecular complexity index is 102. The number of hydrogen-bond donors (Lipinski definition) is 0. The Morgan fingerprint density at radius 1 is 1.57 bits per heavy atom. The number of hydrogen-bond acceptors (Lipinski definition) is 1. The van der Waals surface area contributed by atoms with Crippen LogP contribution in [0.4, 0.5) is 0 Å². The minimum atomic E-state index is -0.535. The summed E-state index contributed by atoms with van der Waals surface area (Å²) in [5.74, 6) is 0. The third-order valence-electron chi connectivity index (χ3n) is 0.312. The van der Waals surface area contributed by atoms with E-state index < -0.39 is 5.24 Å². The Kier molecular flexibility index (Phi) is 3.05. The average molecular weight is 139 g/mol. The number of rotatable bonds is 1. The summed E-state index contributed by atoms with van der Waals surface area (Å²) in [5, 5.41) is -0.132. The molecule has 0 aromatic rings. The molecular weight excluding hydrogens is 135 g/mol. The lowest BCUT2D eigenvalue weighted by Gasteiger charge is -1.75. The van der Waals surface area contributed by atoms with E-state index in [1.54, 1.807) is 6.92 Å². The maximum Gasteiger partial charge on any atom is 0.246 e. The highest BCUT2D eigenvalue weighted by Gasteiger charge is 1.85. The van der Waals surface area contributed by atoms with Gasteiger partial charge in [0.1, 0.15) is 0 Å². The molecule has 0 aromatic carbocycles. The first-order valence-electron chi connectivity index (χ1n) is 1.66. The van der Waals surface area contributed by atoms with Crippen molar-refractivity contribution in [3.63, 3.8) is 0 Å². The summed E-state index contributed by atoms with van der Waals surface area (Å²) in [6.07, 6.45) is 1.14. The van der Waals surface area contributed by atoms with Gasteiger partial charge in [0.15, 0.2) is 0 Å². The molecule has 0 rings (SSSR count). The van der Waals surface area contributed by atoms with Crippen molar-refractivity contribution >= 4 is 28.4 Å². The van der Waals surface area contributed by atoms with Crippen LogP contribution in [0.2, 0.25) is 0 Å². The first kappa shape index (κ1) is 6.99. The van der Waals surface area contributed by atoms with Crippen molar-refractivity contribution in [2.45, 2.75) is 6.92 Å². The zero-order valence-electron chi connectivity index (χ0n) is 3.74. The summed E-state index contributed by atoms with van der Waals surface area (Å²) in [7, 11) is 0. The van der Waals surface area contributed by atoms with Gasteiger partial charge in [0.05, 0.1) is 0 Å². The standard InChI is InChI=1S/C4H4Cl2O/c1-3(5)2-4(6)7/h2H,1H3/b3-2-. The molecule has 0 bridgehead atoms. The number of halogens is 2. The van der Waals surface area contributed by atoms with Gasteiger partial charge < -0.3 is 0 Å². The fourth-order valence-corrected chi connectivity index (χ4v) is 0.475. The van der Waals surface area contributed by atoms with Crippen molar-refractivity contribution < 1.29 is 4.79 Å². The van der Waals surface area contributed by atoms with Crippen LogP contribution in [0.5, 0.6) is 0 Å². The molecule has 1 nitrogen and oxygen atoms in total. The van der Waals surface area contributed by atoms with E-state index in [4.69, 9.17) is 23.2 Å². The van der Waals surface area contributed by atoms with Crippen molar-refractivity contribution in [1.82, 2.24) is 0 Å². The van der Waals surface area contributed by atoms with Gasteiger partial charge in [-0.15, -0.1) is 0 Å². The lowest BCUT2D eigenvalue weighted by molar-refractivity contribution is -0.107. The van der Waals surface area contributed by atoms with Crippen LogP contribution in [-0.2, 0) is 4.79 Å². The van der Waals surface area contributed by atoms with Crippen molar-refractivity contribution in [1.29, 1.82) is 0 Å². The van der Waals surface area contributed by atoms with Crippen molar-refractivity contribution in [3.8, 4) is 0 Å². The summed E-state index contributed by atoms with van der Waals surface area (Å²) in [6.45, 7) is 1.59. The van der Waals surface area contributed by atoms with Gasteiger partial charge in [-0.2, -0.15) is 0 Å². The monoisotopic (exact) mass is 138 g/mol. The van der Waals surface area contributed by atoms with E-state index >= 15 is 0 Å². The lowest BCUT2D eigenvalue weighted by atomic mass is 10.6. The number of allylic oxidation sites excluding steroid dienone is 2. The molecule has 0 N–H and O–H groups in total. The number of carbonyl (C=O) groups is 1. The summed E-state index contributed by atoms with van der Waals surface area (Å²) in [6, 6.07) is 0. The average Bonchev–Trinajstić information content (AvgIpc) is 1.27. The highest BCUT2D eigenvalue weighted by atomic mass is 35.5. The molecule has 0 saturated heterocycles. The van der Waals surface area contributed by atoms with E-state index in [0.29, 0.717) is 5.03 Å². The van der Waals surface area contributed by atoms with Crippen LogP contribution in [0.3, 0.4) is 0 Å². The van der Waals surface area contributed by atoms with E-state index in [2.05, 4.69) is 0 Å². The Labute approximate surface area is 51.9 Å². The van der Waals surface area contributed by atoms with Gasteiger partial charge in [0.2, 0.25) is 5.24 Å². The Hall–Kier alpha value is -0.0100. The fourth-order valence-electron chi connectivity index (χ4n) is 0.156. The smallest absolute Gasteiger partial charge is 0.246 e. The van der Waals surface area contributed by atoms with Crippen LogP contribution in [0.1, 0.15) is 6.92 Å². The molecule has 0 aliphatic rings. The largest absolute Gasteiger partial charge is 0.276 e. The molecule has 0 aliphatic carbocycles. The second-order valence-corrected chi connectivity index (χ2v) is 2.00.